The van der Waals surface area contributed by atoms with Crippen LogP contribution < -0.4 is 10.2 Å². The minimum Gasteiger partial charge on any atom is -0.380 e. The van der Waals surface area contributed by atoms with Crippen LogP contribution in [-0.2, 0) is 6.54 Å². The Bertz CT molecular complexity index is 585. The second-order valence-electron chi connectivity index (χ2n) is 5.41. The molecular weight excluding hydrogens is 266 g/mol. The lowest BCUT2D eigenvalue weighted by molar-refractivity contribution is 0.949. The van der Waals surface area contributed by atoms with Crippen molar-refractivity contribution in [1.82, 2.24) is 4.98 Å². The number of aryl methyl sites for hydroxylation is 2. The van der Waals surface area contributed by atoms with E-state index in [9.17, 15) is 0 Å². The molecule has 0 amide bonds. The molecular formula is C16H21N3S. The van der Waals surface area contributed by atoms with Crippen LogP contribution in [0.2, 0.25) is 0 Å². The second-order valence-corrected chi connectivity index (χ2v) is 6.35. The van der Waals surface area contributed by atoms with Crippen LogP contribution in [0.15, 0.2) is 23.7 Å². The summed E-state index contributed by atoms with van der Waals surface area (Å²) < 4.78 is 0. The molecule has 2 heterocycles. The highest BCUT2D eigenvalue weighted by Crippen LogP contribution is 2.26. The molecule has 1 fully saturated rings. The zero-order chi connectivity index (χ0) is 13.9. The summed E-state index contributed by atoms with van der Waals surface area (Å²) in [6.07, 6.45) is 2.65. The quantitative estimate of drug-likeness (QED) is 0.922. The van der Waals surface area contributed by atoms with Gasteiger partial charge < -0.3 is 10.2 Å². The summed E-state index contributed by atoms with van der Waals surface area (Å²) in [7, 11) is 0. The highest BCUT2D eigenvalue weighted by Gasteiger charge is 2.13. The van der Waals surface area contributed by atoms with E-state index in [4.69, 9.17) is 0 Å². The smallest absolute Gasteiger partial charge is 0.0798 e. The Morgan fingerprint density at radius 3 is 2.70 bits per heavy atom. The van der Waals surface area contributed by atoms with Gasteiger partial charge in [-0.15, -0.1) is 11.3 Å². The van der Waals surface area contributed by atoms with E-state index in [0.29, 0.717) is 0 Å². The van der Waals surface area contributed by atoms with Gasteiger partial charge in [0.15, 0.2) is 0 Å². The Hall–Kier alpha value is -1.55. The van der Waals surface area contributed by atoms with Crippen LogP contribution in [0.1, 0.15) is 29.0 Å². The van der Waals surface area contributed by atoms with Gasteiger partial charge >= 0.3 is 0 Å². The molecule has 0 atom stereocenters. The molecule has 0 saturated carbocycles. The Morgan fingerprint density at radius 1 is 1.25 bits per heavy atom. The van der Waals surface area contributed by atoms with Crippen molar-refractivity contribution in [2.45, 2.75) is 33.2 Å². The van der Waals surface area contributed by atoms with Crippen LogP contribution in [0.5, 0.6) is 0 Å². The molecule has 1 aliphatic heterocycles. The van der Waals surface area contributed by atoms with Gasteiger partial charge in [0.25, 0.3) is 0 Å². The van der Waals surface area contributed by atoms with Gasteiger partial charge in [-0.05, 0) is 50.5 Å². The van der Waals surface area contributed by atoms with Crippen molar-refractivity contribution in [2.24, 2.45) is 0 Å². The predicted molar refractivity (Wildman–Crippen MR) is 86.8 cm³/mol. The fourth-order valence-electron chi connectivity index (χ4n) is 2.69. The zero-order valence-corrected chi connectivity index (χ0v) is 13.0. The van der Waals surface area contributed by atoms with Crippen molar-refractivity contribution in [1.29, 1.82) is 0 Å². The molecule has 1 saturated heterocycles. The van der Waals surface area contributed by atoms with E-state index in [0.717, 1.165) is 12.2 Å². The summed E-state index contributed by atoms with van der Waals surface area (Å²) in [5, 5.41) is 3.53. The standard InChI is InChI=1S/C16H21N3S/c1-12-9-14(19-7-3-4-8-19)5-6-15(12)17-10-16-13(2)18-11-20-16/h5-6,9,11,17H,3-4,7-8,10H2,1-2H3. The maximum absolute atomic E-state index is 4.29. The average molecular weight is 287 g/mol. The molecule has 0 bridgehead atoms. The molecule has 3 nitrogen and oxygen atoms in total. The number of benzene rings is 1. The van der Waals surface area contributed by atoms with Gasteiger partial charge in [0, 0.05) is 29.3 Å². The fourth-order valence-corrected chi connectivity index (χ4v) is 3.41. The molecule has 20 heavy (non-hydrogen) atoms. The normalized spacial score (nSPS) is 14.8. The largest absolute Gasteiger partial charge is 0.380 e. The van der Waals surface area contributed by atoms with Crippen molar-refractivity contribution in [3.63, 3.8) is 0 Å². The van der Waals surface area contributed by atoms with Gasteiger partial charge in [0.05, 0.1) is 17.7 Å². The Labute approximate surface area is 124 Å². The van der Waals surface area contributed by atoms with E-state index in [2.05, 4.69) is 47.2 Å². The highest BCUT2D eigenvalue weighted by molar-refractivity contribution is 7.09. The van der Waals surface area contributed by atoms with E-state index in [1.165, 1.54) is 47.7 Å². The molecule has 0 aliphatic carbocycles. The first-order chi connectivity index (χ1) is 9.74. The first kappa shape index (κ1) is 13.4. The number of hydrogen-bond acceptors (Lipinski definition) is 4. The van der Waals surface area contributed by atoms with Gasteiger partial charge in [-0.1, -0.05) is 0 Å². The second kappa shape index (κ2) is 5.83. The Morgan fingerprint density at radius 2 is 2.05 bits per heavy atom. The van der Waals surface area contributed by atoms with Crippen LogP contribution in [0.4, 0.5) is 11.4 Å². The van der Waals surface area contributed by atoms with Crippen LogP contribution in [0.3, 0.4) is 0 Å². The molecule has 0 unspecified atom stereocenters. The van der Waals surface area contributed by atoms with Gasteiger partial charge in [-0.3, -0.25) is 0 Å². The van der Waals surface area contributed by atoms with Crippen LogP contribution in [-0.4, -0.2) is 18.1 Å². The lowest BCUT2D eigenvalue weighted by atomic mass is 10.1. The number of rotatable bonds is 4. The third-order valence-electron chi connectivity index (χ3n) is 3.97. The van der Waals surface area contributed by atoms with Crippen molar-refractivity contribution in [3.8, 4) is 0 Å². The highest BCUT2D eigenvalue weighted by atomic mass is 32.1. The maximum Gasteiger partial charge on any atom is 0.0798 e. The van der Waals surface area contributed by atoms with E-state index in [-0.39, 0.29) is 0 Å². The van der Waals surface area contributed by atoms with Crippen molar-refractivity contribution >= 4 is 22.7 Å². The number of aromatic nitrogens is 1. The van der Waals surface area contributed by atoms with Crippen molar-refractivity contribution < 1.29 is 0 Å². The van der Waals surface area contributed by atoms with E-state index >= 15 is 0 Å². The lowest BCUT2D eigenvalue weighted by Gasteiger charge is -2.19. The number of anilines is 2. The Kier molecular flexibility index (Phi) is 3.92. The molecule has 1 N–H and O–H groups in total. The monoisotopic (exact) mass is 287 g/mol. The summed E-state index contributed by atoms with van der Waals surface area (Å²) in [5.74, 6) is 0. The molecule has 0 radical (unpaired) electrons. The van der Waals surface area contributed by atoms with Gasteiger partial charge in [-0.25, -0.2) is 4.98 Å². The van der Waals surface area contributed by atoms with Gasteiger partial charge in [0.1, 0.15) is 0 Å². The zero-order valence-electron chi connectivity index (χ0n) is 12.1. The summed E-state index contributed by atoms with van der Waals surface area (Å²) >= 11 is 1.72. The summed E-state index contributed by atoms with van der Waals surface area (Å²) in [5.41, 5.74) is 6.95. The first-order valence-electron chi connectivity index (χ1n) is 7.22. The van der Waals surface area contributed by atoms with E-state index < -0.39 is 0 Å². The van der Waals surface area contributed by atoms with Crippen LogP contribution in [0, 0.1) is 13.8 Å². The van der Waals surface area contributed by atoms with Crippen molar-refractivity contribution in [2.75, 3.05) is 23.3 Å². The summed E-state index contributed by atoms with van der Waals surface area (Å²) in [6, 6.07) is 6.74. The topological polar surface area (TPSA) is 28.2 Å². The molecule has 3 rings (SSSR count). The number of hydrogen-bond donors (Lipinski definition) is 1. The van der Waals surface area contributed by atoms with Gasteiger partial charge in [-0.2, -0.15) is 0 Å². The molecule has 2 aromatic rings. The Balaban J connectivity index is 1.69. The molecule has 0 spiro atoms. The first-order valence-corrected chi connectivity index (χ1v) is 8.10. The number of nitrogens with one attached hydrogen (secondary N) is 1. The molecule has 106 valence electrons. The molecule has 1 aromatic heterocycles. The summed E-state index contributed by atoms with van der Waals surface area (Å²) in [4.78, 5) is 8.08. The molecule has 1 aromatic carbocycles. The predicted octanol–water partition coefficient (Wildman–Crippen LogP) is 3.97. The fraction of sp³-hybridized carbons (Fsp3) is 0.438. The SMILES string of the molecule is Cc1cc(N2CCCC2)ccc1NCc1scnc1C. The summed E-state index contributed by atoms with van der Waals surface area (Å²) in [6.45, 7) is 7.51. The van der Waals surface area contributed by atoms with E-state index in [1.54, 1.807) is 11.3 Å². The van der Waals surface area contributed by atoms with E-state index in [1.807, 2.05) is 5.51 Å². The van der Waals surface area contributed by atoms with Crippen LogP contribution >= 0.6 is 11.3 Å². The maximum atomic E-state index is 4.29. The van der Waals surface area contributed by atoms with Crippen LogP contribution in [0.25, 0.3) is 0 Å². The van der Waals surface area contributed by atoms with Gasteiger partial charge in [0.2, 0.25) is 0 Å². The van der Waals surface area contributed by atoms with Crippen molar-refractivity contribution in [3.05, 3.63) is 39.8 Å². The molecule has 4 heteroatoms. The average Bonchev–Trinajstić information content (AvgIpc) is 3.09. The third-order valence-corrected chi connectivity index (χ3v) is 4.90. The third kappa shape index (κ3) is 2.80. The number of thiazole rings is 1. The number of nitrogens with zero attached hydrogens (tertiary/aromatic N) is 2. The lowest BCUT2D eigenvalue weighted by Crippen LogP contribution is -2.17. The minimum absolute atomic E-state index is 0.862. The molecule has 1 aliphatic rings. The minimum atomic E-state index is 0.862.